The zero-order chi connectivity index (χ0) is 10.3. The van der Waals surface area contributed by atoms with E-state index in [0.29, 0.717) is 5.70 Å². The Bertz CT molecular complexity index is 293. The molecule has 0 heterocycles. The van der Waals surface area contributed by atoms with Crippen LogP contribution in [0.4, 0.5) is 4.39 Å². The molecule has 0 aromatic heterocycles. The van der Waals surface area contributed by atoms with Crippen molar-refractivity contribution < 1.29 is 4.39 Å². The predicted octanol–water partition coefficient (Wildman–Crippen LogP) is 3.14. The Kier molecular flexibility index (Phi) is 5.45. The molecule has 13 heavy (non-hydrogen) atoms. The third-order valence-electron chi connectivity index (χ3n) is 1.63. The first-order chi connectivity index (χ1) is 6.15. The first-order valence-electron chi connectivity index (χ1n) is 4.11. The van der Waals surface area contributed by atoms with E-state index in [9.17, 15) is 4.39 Å². The Morgan fingerprint density at radius 3 is 2.62 bits per heavy atom. The van der Waals surface area contributed by atoms with Gasteiger partial charge in [-0.25, -0.2) is 9.38 Å². The molecule has 0 radical (unpaired) electrons. The molecule has 0 N–H and O–H groups in total. The van der Waals surface area contributed by atoms with E-state index in [1.54, 1.807) is 6.92 Å². The van der Waals surface area contributed by atoms with E-state index in [1.165, 1.54) is 6.08 Å². The molecule has 0 aromatic rings. The topological polar surface area (TPSA) is 36.1 Å². The predicted molar refractivity (Wildman–Crippen MR) is 52.0 cm³/mol. The van der Waals surface area contributed by atoms with Crippen molar-refractivity contribution in [2.75, 3.05) is 0 Å². The van der Waals surface area contributed by atoms with E-state index in [-0.39, 0.29) is 0 Å². The highest BCUT2D eigenvalue weighted by Gasteiger charge is 1.96. The molecule has 0 spiro atoms. The van der Waals surface area contributed by atoms with Crippen molar-refractivity contribution in [1.29, 1.82) is 5.26 Å². The highest BCUT2D eigenvalue weighted by Crippen LogP contribution is 2.08. The van der Waals surface area contributed by atoms with Gasteiger partial charge in [-0.05, 0) is 25.8 Å². The zero-order valence-electron chi connectivity index (χ0n) is 8.13. The highest BCUT2D eigenvalue weighted by atomic mass is 19.1. The highest BCUT2D eigenvalue weighted by molar-refractivity contribution is 5.76. The van der Waals surface area contributed by atoms with E-state index in [2.05, 4.69) is 4.99 Å². The van der Waals surface area contributed by atoms with Crippen molar-refractivity contribution in [2.45, 2.75) is 27.2 Å². The monoisotopic (exact) mass is 180 g/mol. The van der Waals surface area contributed by atoms with Gasteiger partial charge in [0, 0.05) is 0 Å². The molecule has 3 heteroatoms. The molecule has 0 amide bonds. The number of hydrogen-bond donors (Lipinski definition) is 0. The Morgan fingerprint density at radius 1 is 1.62 bits per heavy atom. The fourth-order valence-electron chi connectivity index (χ4n) is 0.603. The number of nitriles is 1. The number of rotatable bonds is 3. The molecular formula is C10H13FN2. The molecule has 0 rings (SSSR count). The fourth-order valence-corrected chi connectivity index (χ4v) is 0.603. The summed E-state index contributed by atoms with van der Waals surface area (Å²) in [6.07, 6.45) is 3.09. The lowest BCUT2D eigenvalue weighted by Gasteiger charge is -1.94. The molecule has 0 fully saturated rings. The van der Waals surface area contributed by atoms with Gasteiger partial charge in [-0.15, -0.1) is 0 Å². The van der Waals surface area contributed by atoms with Crippen molar-refractivity contribution in [2.24, 2.45) is 4.99 Å². The Labute approximate surface area is 78.1 Å². The van der Waals surface area contributed by atoms with Gasteiger partial charge in [-0.3, -0.25) is 0 Å². The number of hydrogen-bond acceptors (Lipinski definition) is 2. The van der Waals surface area contributed by atoms with E-state index >= 15 is 0 Å². The van der Waals surface area contributed by atoms with E-state index < -0.39 is 5.83 Å². The molecule has 0 saturated carbocycles. The van der Waals surface area contributed by atoms with Crippen molar-refractivity contribution in [1.82, 2.24) is 0 Å². The van der Waals surface area contributed by atoms with Gasteiger partial charge < -0.3 is 0 Å². The second kappa shape index (κ2) is 6.13. The maximum atomic E-state index is 12.6. The lowest BCUT2D eigenvalue weighted by molar-refractivity contribution is 0.684. The minimum absolute atomic E-state index is 0.291. The van der Waals surface area contributed by atoms with Crippen molar-refractivity contribution in [3.63, 3.8) is 0 Å². The average Bonchev–Trinajstić information content (AvgIpc) is 2.17. The van der Waals surface area contributed by atoms with Gasteiger partial charge in [0.2, 0.25) is 0 Å². The molecule has 0 bridgehead atoms. The SMILES string of the molecule is CC=C(F)C=NC(C#N)=C(C)CC. The van der Waals surface area contributed by atoms with E-state index in [4.69, 9.17) is 5.26 Å². The summed E-state index contributed by atoms with van der Waals surface area (Å²) in [6.45, 7) is 5.31. The van der Waals surface area contributed by atoms with Crippen LogP contribution < -0.4 is 0 Å². The maximum absolute atomic E-state index is 12.6. The maximum Gasteiger partial charge on any atom is 0.139 e. The van der Waals surface area contributed by atoms with Crippen LogP contribution >= 0.6 is 0 Å². The minimum atomic E-state index is -0.434. The van der Waals surface area contributed by atoms with Crippen LogP contribution in [-0.4, -0.2) is 6.21 Å². The Balaban J connectivity index is 4.69. The number of halogens is 1. The van der Waals surface area contributed by atoms with Crippen LogP contribution in [0.5, 0.6) is 0 Å². The van der Waals surface area contributed by atoms with Crippen molar-refractivity contribution >= 4 is 6.21 Å². The van der Waals surface area contributed by atoms with Crippen LogP contribution in [-0.2, 0) is 0 Å². The summed E-state index contributed by atoms with van der Waals surface area (Å²) >= 11 is 0. The molecule has 0 aliphatic rings. The summed E-state index contributed by atoms with van der Waals surface area (Å²) in [7, 11) is 0. The molecule has 70 valence electrons. The van der Waals surface area contributed by atoms with Crippen LogP contribution in [0.3, 0.4) is 0 Å². The summed E-state index contributed by atoms with van der Waals surface area (Å²) in [6, 6.07) is 1.92. The van der Waals surface area contributed by atoms with Crippen LogP contribution in [0, 0.1) is 11.3 Å². The zero-order valence-corrected chi connectivity index (χ0v) is 8.13. The Morgan fingerprint density at radius 2 is 2.23 bits per heavy atom. The van der Waals surface area contributed by atoms with Gasteiger partial charge in [-0.1, -0.05) is 13.0 Å². The standard InChI is InChI=1S/C10H13FN2/c1-4-8(3)10(6-12)13-7-9(11)5-2/h5,7H,4H2,1-3H3. The normalized spacial score (nSPS) is 14.2. The number of nitrogens with zero attached hydrogens (tertiary/aromatic N) is 2. The molecule has 0 saturated heterocycles. The number of allylic oxidation sites excluding steroid dienone is 4. The van der Waals surface area contributed by atoms with Crippen molar-refractivity contribution in [3.8, 4) is 6.07 Å². The largest absolute Gasteiger partial charge is 0.243 e. The van der Waals surface area contributed by atoms with Gasteiger partial charge in [0.1, 0.15) is 17.6 Å². The quantitative estimate of drug-likeness (QED) is 0.485. The smallest absolute Gasteiger partial charge is 0.139 e. The van der Waals surface area contributed by atoms with Gasteiger partial charge in [0.05, 0.1) is 6.21 Å². The molecule has 0 aliphatic heterocycles. The van der Waals surface area contributed by atoms with Crippen LogP contribution in [0.2, 0.25) is 0 Å². The first kappa shape index (κ1) is 11.6. The molecule has 0 aliphatic carbocycles. The lowest BCUT2D eigenvalue weighted by Crippen LogP contribution is -1.83. The van der Waals surface area contributed by atoms with E-state index in [1.807, 2.05) is 19.9 Å². The summed E-state index contributed by atoms with van der Waals surface area (Å²) < 4.78 is 12.6. The molecular weight excluding hydrogens is 167 g/mol. The summed E-state index contributed by atoms with van der Waals surface area (Å²) in [5, 5.41) is 8.65. The molecule has 2 nitrogen and oxygen atoms in total. The average molecular weight is 180 g/mol. The van der Waals surface area contributed by atoms with Gasteiger partial charge >= 0.3 is 0 Å². The summed E-state index contributed by atoms with van der Waals surface area (Å²) in [5.74, 6) is -0.434. The van der Waals surface area contributed by atoms with E-state index in [0.717, 1.165) is 18.2 Å². The molecule has 0 aromatic carbocycles. The summed E-state index contributed by atoms with van der Waals surface area (Å²) in [5.41, 5.74) is 1.15. The van der Waals surface area contributed by atoms with Crippen LogP contribution in [0.15, 0.2) is 28.2 Å². The fraction of sp³-hybridized carbons (Fsp3) is 0.400. The Hall–Kier alpha value is -1.43. The minimum Gasteiger partial charge on any atom is -0.243 e. The third kappa shape index (κ3) is 4.22. The van der Waals surface area contributed by atoms with Gasteiger partial charge in [0.15, 0.2) is 0 Å². The first-order valence-corrected chi connectivity index (χ1v) is 4.11. The van der Waals surface area contributed by atoms with Crippen molar-refractivity contribution in [3.05, 3.63) is 23.2 Å². The van der Waals surface area contributed by atoms with Crippen LogP contribution in [0.25, 0.3) is 0 Å². The second-order valence-corrected chi connectivity index (χ2v) is 2.53. The molecule has 0 atom stereocenters. The number of aliphatic imine (C=N–C) groups is 1. The van der Waals surface area contributed by atoms with Gasteiger partial charge in [-0.2, -0.15) is 5.26 Å². The molecule has 0 unspecified atom stereocenters. The van der Waals surface area contributed by atoms with Gasteiger partial charge in [0.25, 0.3) is 0 Å². The van der Waals surface area contributed by atoms with Crippen LogP contribution in [0.1, 0.15) is 27.2 Å². The lowest BCUT2D eigenvalue weighted by atomic mass is 10.2. The second-order valence-electron chi connectivity index (χ2n) is 2.53. The summed E-state index contributed by atoms with van der Waals surface area (Å²) in [4.78, 5) is 3.73. The third-order valence-corrected chi connectivity index (χ3v) is 1.63.